The molecular formula is C56H36N2OS. The lowest BCUT2D eigenvalue weighted by atomic mass is 10.0. The Kier molecular flexibility index (Phi) is 8.03. The molecule has 0 aliphatic carbocycles. The van der Waals surface area contributed by atoms with Crippen LogP contribution in [0, 0.1) is 0 Å². The predicted octanol–water partition coefficient (Wildman–Crippen LogP) is 16.4. The summed E-state index contributed by atoms with van der Waals surface area (Å²) in [4.78, 5) is 3.62. The Bertz CT molecular complexity index is 3470. The molecule has 3 heterocycles. The maximum Gasteiger partial charge on any atom is 0.160 e. The van der Waals surface area contributed by atoms with Crippen molar-refractivity contribution in [2.75, 3.05) is 4.90 Å². The molecule has 0 atom stereocenters. The van der Waals surface area contributed by atoms with Gasteiger partial charge in [0.2, 0.25) is 0 Å². The highest BCUT2D eigenvalue weighted by molar-refractivity contribution is 7.22. The molecular weight excluding hydrogens is 749 g/mol. The average Bonchev–Trinajstić information content (AvgIpc) is 4.03. The van der Waals surface area contributed by atoms with E-state index < -0.39 is 0 Å². The SMILES string of the molecule is c1ccc(-c2ccc(N(c3ccc(-c4ccc(-n5c6ccccc6c6ccc7c8ccccc8oc7c65)cc4)cc3)c3ccc(-c4cc5ccccc5s4)cc3)cc2)cc1. The standard InChI is InChI=1S/C56H36N2OS/c1-2-10-37(11-3-1)38-18-26-43(27-19-38)57(45-32-24-41(25-33-45)54-36-42-12-4-9-17-53(42)60-54)44-28-20-39(21-29-44)40-22-30-46(31-23-40)58-51-15-7-5-13-47(51)49-34-35-50-48-14-6-8-16-52(48)59-56(50)55(49)58/h1-36H. The van der Waals surface area contributed by atoms with E-state index in [0.29, 0.717) is 0 Å². The normalized spacial score (nSPS) is 11.7. The van der Waals surface area contributed by atoms with Gasteiger partial charge >= 0.3 is 0 Å². The first-order chi connectivity index (χ1) is 29.7. The van der Waals surface area contributed by atoms with E-state index in [2.05, 4.69) is 222 Å². The Morgan fingerprint density at radius 1 is 0.400 bits per heavy atom. The van der Waals surface area contributed by atoms with Crippen LogP contribution in [0.2, 0.25) is 0 Å². The van der Waals surface area contributed by atoms with Gasteiger partial charge in [-0.2, -0.15) is 0 Å². The average molecular weight is 785 g/mol. The van der Waals surface area contributed by atoms with Crippen molar-refractivity contribution in [1.29, 1.82) is 0 Å². The largest absolute Gasteiger partial charge is 0.454 e. The van der Waals surface area contributed by atoms with Crippen LogP contribution in [0.15, 0.2) is 223 Å². The van der Waals surface area contributed by atoms with Crippen molar-refractivity contribution >= 4 is 82.2 Å². The Balaban J connectivity index is 0.906. The number of furan rings is 1. The molecule has 12 aromatic rings. The summed E-state index contributed by atoms with van der Waals surface area (Å²) in [5.41, 5.74) is 14.4. The molecule has 0 saturated heterocycles. The predicted molar refractivity (Wildman–Crippen MR) is 254 cm³/mol. The zero-order valence-electron chi connectivity index (χ0n) is 32.5. The molecule has 0 aliphatic rings. The van der Waals surface area contributed by atoms with Crippen molar-refractivity contribution in [1.82, 2.24) is 4.57 Å². The van der Waals surface area contributed by atoms with E-state index in [9.17, 15) is 0 Å². The fraction of sp³-hybridized carbons (Fsp3) is 0. The van der Waals surface area contributed by atoms with Crippen molar-refractivity contribution in [2.24, 2.45) is 0 Å². The van der Waals surface area contributed by atoms with Gasteiger partial charge in [-0.3, -0.25) is 0 Å². The highest BCUT2D eigenvalue weighted by Gasteiger charge is 2.19. The lowest BCUT2D eigenvalue weighted by molar-refractivity contribution is 0.671. The molecule has 60 heavy (non-hydrogen) atoms. The summed E-state index contributed by atoms with van der Waals surface area (Å²) in [6, 6.07) is 78.6. The molecule has 0 bridgehead atoms. The van der Waals surface area contributed by atoms with Crippen LogP contribution in [0.25, 0.3) is 92.2 Å². The smallest absolute Gasteiger partial charge is 0.160 e. The molecule has 0 amide bonds. The molecule has 3 aromatic heterocycles. The van der Waals surface area contributed by atoms with Crippen LogP contribution in [-0.2, 0) is 0 Å². The van der Waals surface area contributed by atoms with Crippen molar-refractivity contribution in [3.05, 3.63) is 218 Å². The highest BCUT2D eigenvalue weighted by atomic mass is 32.1. The zero-order chi connectivity index (χ0) is 39.6. The second-order valence-electron chi connectivity index (χ2n) is 15.3. The Labute approximate surface area is 351 Å². The first-order valence-corrected chi connectivity index (χ1v) is 21.1. The van der Waals surface area contributed by atoms with Crippen LogP contribution in [0.5, 0.6) is 0 Å². The van der Waals surface area contributed by atoms with E-state index in [4.69, 9.17) is 4.42 Å². The molecule has 0 unspecified atom stereocenters. The summed E-state index contributed by atoms with van der Waals surface area (Å²) in [6.07, 6.45) is 0. The number of thiophene rings is 1. The minimum absolute atomic E-state index is 0.905. The zero-order valence-corrected chi connectivity index (χ0v) is 33.3. The van der Waals surface area contributed by atoms with E-state index in [1.54, 1.807) is 0 Å². The summed E-state index contributed by atoms with van der Waals surface area (Å²) in [6.45, 7) is 0. The molecule has 0 spiro atoms. The summed E-state index contributed by atoms with van der Waals surface area (Å²) >= 11 is 1.84. The van der Waals surface area contributed by atoms with Gasteiger partial charge in [0.1, 0.15) is 5.58 Å². The molecule has 12 rings (SSSR count). The van der Waals surface area contributed by atoms with Gasteiger partial charge in [0.05, 0.1) is 11.0 Å². The lowest BCUT2D eigenvalue weighted by Crippen LogP contribution is -2.09. The van der Waals surface area contributed by atoms with Crippen molar-refractivity contribution in [2.45, 2.75) is 0 Å². The van der Waals surface area contributed by atoms with E-state index >= 15 is 0 Å². The van der Waals surface area contributed by atoms with Gasteiger partial charge < -0.3 is 13.9 Å². The number of benzene rings is 9. The van der Waals surface area contributed by atoms with E-state index in [0.717, 1.165) is 66.8 Å². The Morgan fingerprint density at radius 2 is 0.933 bits per heavy atom. The highest BCUT2D eigenvalue weighted by Crippen LogP contribution is 2.42. The van der Waals surface area contributed by atoms with Crippen LogP contribution in [0.1, 0.15) is 0 Å². The minimum Gasteiger partial charge on any atom is -0.454 e. The number of rotatable bonds is 7. The van der Waals surface area contributed by atoms with Gasteiger partial charge in [-0.25, -0.2) is 0 Å². The third-order valence-corrected chi connectivity index (χ3v) is 13.0. The summed E-state index contributed by atoms with van der Waals surface area (Å²) in [5, 5.41) is 5.95. The molecule has 0 N–H and O–H groups in total. The van der Waals surface area contributed by atoms with E-state index in [-0.39, 0.29) is 0 Å². The van der Waals surface area contributed by atoms with Crippen LogP contribution < -0.4 is 4.90 Å². The van der Waals surface area contributed by atoms with E-state index in [1.807, 2.05) is 17.4 Å². The summed E-state index contributed by atoms with van der Waals surface area (Å²) in [7, 11) is 0. The Morgan fingerprint density at radius 3 is 1.62 bits per heavy atom. The lowest BCUT2D eigenvalue weighted by Gasteiger charge is -2.26. The molecule has 0 fully saturated rings. The van der Waals surface area contributed by atoms with Crippen LogP contribution in [-0.4, -0.2) is 4.57 Å². The summed E-state index contributed by atoms with van der Waals surface area (Å²) < 4.78 is 10.2. The molecule has 0 radical (unpaired) electrons. The Hall–Kier alpha value is -7.66. The second kappa shape index (κ2) is 14.0. The first-order valence-electron chi connectivity index (χ1n) is 20.3. The van der Waals surface area contributed by atoms with Gasteiger partial charge in [-0.15, -0.1) is 11.3 Å². The number of aromatic nitrogens is 1. The number of anilines is 3. The first kappa shape index (κ1) is 34.4. The number of fused-ring (bicyclic) bond motifs is 8. The number of nitrogens with zero attached hydrogens (tertiary/aromatic N) is 2. The molecule has 4 heteroatoms. The molecule has 9 aromatic carbocycles. The van der Waals surface area contributed by atoms with Crippen LogP contribution in [0.3, 0.4) is 0 Å². The third-order valence-electron chi connectivity index (χ3n) is 11.8. The van der Waals surface area contributed by atoms with Gasteiger partial charge in [-0.1, -0.05) is 140 Å². The minimum atomic E-state index is 0.905. The number of para-hydroxylation sites is 2. The molecule has 0 aliphatic heterocycles. The van der Waals surface area contributed by atoms with Gasteiger partial charge in [0.25, 0.3) is 0 Å². The van der Waals surface area contributed by atoms with Crippen molar-refractivity contribution in [3.63, 3.8) is 0 Å². The monoisotopic (exact) mass is 784 g/mol. The van der Waals surface area contributed by atoms with Gasteiger partial charge in [-0.05, 0) is 112 Å². The molecule has 282 valence electrons. The van der Waals surface area contributed by atoms with Gasteiger partial charge in [0.15, 0.2) is 5.58 Å². The van der Waals surface area contributed by atoms with Crippen LogP contribution in [0.4, 0.5) is 17.1 Å². The third kappa shape index (κ3) is 5.72. The maximum absolute atomic E-state index is 6.58. The quantitative estimate of drug-likeness (QED) is 0.161. The fourth-order valence-corrected chi connectivity index (χ4v) is 9.95. The summed E-state index contributed by atoms with van der Waals surface area (Å²) in [5.74, 6) is 0. The number of hydrogen-bond acceptors (Lipinski definition) is 3. The van der Waals surface area contributed by atoms with Crippen molar-refractivity contribution in [3.8, 4) is 38.4 Å². The van der Waals surface area contributed by atoms with E-state index in [1.165, 1.54) is 42.4 Å². The fourth-order valence-electron chi connectivity index (χ4n) is 8.88. The second-order valence-corrected chi connectivity index (χ2v) is 16.4. The topological polar surface area (TPSA) is 21.3 Å². The van der Waals surface area contributed by atoms with Crippen LogP contribution >= 0.6 is 11.3 Å². The van der Waals surface area contributed by atoms with Gasteiger partial charge in [0, 0.05) is 53.9 Å². The maximum atomic E-state index is 6.58. The number of hydrogen-bond donors (Lipinski definition) is 0. The molecule has 3 nitrogen and oxygen atoms in total. The van der Waals surface area contributed by atoms with Crippen molar-refractivity contribution < 1.29 is 4.42 Å². The molecule has 0 saturated carbocycles.